The van der Waals surface area contributed by atoms with Gasteiger partial charge in [0.05, 0.1) is 19.4 Å². The fraction of sp³-hybridized carbons (Fsp3) is 0.739. The van der Waals surface area contributed by atoms with Crippen LogP contribution in [-0.2, 0) is 24.0 Å². The van der Waals surface area contributed by atoms with Crippen molar-refractivity contribution in [2.75, 3.05) is 38.0 Å². The van der Waals surface area contributed by atoms with Gasteiger partial charge in [-0.05, 0) is 50.0 Å². The second-order valence-corrected chi connectivity index (χ2v) is 13.5. The van der Waals surface area contributed by atoms with Crippen molar-refractivity contribution in [3.05, 3.63) is 15.8 Å². The number of ether oxygens (including phenoxy) is 1. The number of carbonyl (C=O) groups is 2. The van der Waals surface area contributed by atoms with Gasteiger partial charge in [0.25, 0.3) is 0 Å². The van der Waals surface area contributed by atoms with Crippen LogP contribution in [0, 0.1) is 11.8 Å². The second kappa shape index (κ2) is 10.6. The predicted octanol–water partition coefficient (Wildman–Crippen LogP) is 5.94. The zero-order valence-corrected chi connectivity index (χ0v) is 21.7. The van der Waals surface area contributed by atoms with E-state index in [9.17, 15) is 14.2 Å². The van der Waals surface area contributed by atoms with Crippen molar-refractivity contribution in [2.24, 2.45) is 11.8 Å². The van der Waals surface area contributed by atoms with Crippen molar-refractivity contribution < 1.29 is 23.4 Å². The zero-order valence-electron chi connectivity index (χ0n) is 20.0. The lowest BCUT2D eigenvalue weighted by Crippen LogP contribution is -2.40. The lowest BCUT2D eigenvalue weighted by molar-refractivity contribution is -0.123. The first-order valence-electron chi connectivity index (χ1n) is 11.1. The summed E-state index contributed by atoms with van der Waals surface area (Å²) in [5, 5.41) is 0. The van der Waals surface area contributed by atoms with E-state index in [0.29, 0.717) is 23.1 Å². The summed E-state index contributed by atoms with van der Waals surface area (Å²) >= 11 is 1.37. The smallest absolute Gasteiger partial charge is 0.350 e. The molecular formula is C23H38NO5PS. The topological polar surface area (TPSA) is 72.9 Å². The Morgan fingerprint density at radius 2 is 1.84 bits per heavy atom. The molecule has 1 fully saturated rings. The number of carbonyl (C=O) groups excluding carboxylic acids is 2. The summed E-state index contributed by atoms with van der Waals surface area (Å²) in [6.07, 6.45) is 3.98. The molecule has 0 spiro atoms. The maximum Gasteiger partial charge on any atom is 0.350 e. The SMILES string of the molecule is CCOP(C)(=O)CCN(C(=O)C1CCC(C)CC1)c1cc(C(C)(C)C)sc1C(=O)OC. The molecule has 31 heavy (non-hydrogen) atoms. The van der Waals surface area contributed by atoms with Gasteiger partial charge in [-0.3, -0.25) is 9.36 Å². The van der Waals surface area contributed by atoms with Gasteiger partial charge in [0, 0.05) is 30.2 Å². The van der Waals surface area contributed by atoms with Gasteiger partial charge in [-0.25, -0.2) is 4.79 Å². The average molecular weight is 472 g/mol. The van der Waals surface area contributed by atoms with E-state index in [0.717, 1.165) is 30.6 Å². The van der Waals surface area contributed by atoms with Crippen LogP contribution in [0.25, 0.3) is 0 Å². The highest BCUT2D eigenvalue weighted by atomic mass is 32.1. The first-order chi connectivity index (χ1) is 14.4. The average Bonchev–Trinajstić information content (AvgIpc) is 3.13. The summed E-state index contributed by atoms with van der Waals surface area (Å²) in [5.74, 6) is 0.107. The molecule has 0 aliphatic heterocycles. The predicted molar refractivity (Wildman–Crippen MR) is 128 cm³/mol. The summed E-state index contributed by atoms with van der Waals surface area (Å²) < 4.78 is 23.3. The molecule has 1 saturated carbocycles. The lowest BCUT2D eigenvalue weighted by atomic mass is 9.82. The van der Waals surface area contributed by atoms with E-state index >= 15 is 0 Å². The highest BCUT2D eigenvalue weighted by molar-refractivity contribution is 7.58. The fourth-order valence-electron chi connectivity index (χ4n) is 3.89. The first-order valence-corrected chi connectivity index (χ1v) is 14.2. The van der Waals surface area contributed by atoms with Gasteiger partial charge in [0.2, 0.25) is 13.3 Å². The van der Waals surface area contributed by atoms with Crippen molar-refractivity contribution in [3.63, 3.8) is 0 Å². The minimum absolute atomic E-state index is 0.00631. The highest BCUT2D eigenvalue weighted by Crippen LogP contribution is 2.44. The monoisotopic (exact) mass is 471 g/mol. The number of amides is 1. The molecule has 0 aromatic carbocycles. The Hall–Kier alpha value is -1.17. The summed E-state index contributed by atoms with van der Waals surface area (Å²) in [4.78, 5) is 29.3. The molecule has 1 unspecified atom stereocenters. The lowest BCUT2D eigenvalue weighted by Gasteiger charge is -2.31. The van der Waals surface area contributed by atoms with E-state index in [1.165, 1.54) is 18.4 Å². The van der Waals surface area contributed by atoms with Gasteiger partial charge < -0.3 is 14.2 Å². The van der Waals surface area contributed by atoms with Crippen LogP contribution in [-0.4, -0.2) is 45.0 Å². The molecule has 2 rings (SSSR count). The standard InChI is InChI=1S/C23H38NO5PS/c1-8-29-30(7,27)14-13-24(21(25)17-11-9-16(2)10-12-17)18-15-19(23(3,4)5)31-20(18)22(26)28-6/h15-17H,8-14H2,1-7H3. The second-order valence-electron chi connectivity index (χ2n) is 9.67. The number of methoxy groups -OCH3 is 1. The molecule has 1 amide bonds. The van der Waals surface area contributed by atoms with Crippen molar-refractivity contribution in [1.82, 2.24) is 0 Å². The molecule has 8 heteroatoms. The molecule has 0 bridgehead atoms. The maximum absolute atomic E-state index is 13.7. The number of nitrogens with zero attached hydrogens (tertiary/aromatic N) is 1. The summed E-state index contributed by atoms with van der Waals surface area (Å²) in [6, 6.07) is 1.93. The van der Waals surface area contributed by atoms with Crippen LogP contribution < -0.4 is 4.90 Å². The van der Waals surface area contributed by atoms with Gasteiger partial charge in [-0.1, -0.05) is 27.7 Å². The van der Waals surface area contributed by atoms with E-state index in [1.807, 2.05) is 13.0 Å². The number of anilines is 1. The van der Waals surface area contributed by atoms with Crippen LogP contribution in [0.1, 0.15) is 74.9 Å². The van der Waals surface area contributed by atoms with Gasteiger partial charge in [0.1, 0.15) is 4.88 Å². The zero-order chi connectivity index (χ0) is 23.4. The number of esters is 1. The Balaban J connectivity index is 2.45. The van der Waals surface area contributed by atoms with Crippen LogP contribution >= 0.6 is 18.7 Å². The molecule has 0 saturated heterocycles. The summed E-state index contributed by atoms with van der Waals surface area (Å²) in [7, 11) is -1.48. The van der Waals surface area contributed by atoms with Crippen LogP contribution in [0.15, 0.2) is 6.07 Å². The molecule has 1 heterocycles. The minimum Gasteiger partial charge on any atom is -0.465 e. The van der Waals surface area contributed by atoms with E-state index in [4.69, 9.17) is 9.26 Å². The van der Waals surface area contributed by atoms with Crippen molar-refractivity contribution in [2.45, 2.75) is 65.7 Å². The Bertz CT molecular complexity index is 820. The summed E-state index contributed by atoms with van der Waals surface area (Å²) in [5.41, 5.74) is 0.397. The quantitative estimate of drug-likeness (QED) is 0.347. The number of hydrogen-bond acceptors (Lipinski definition) is 6. The number of hydrogen-bond donors (Lipinski definition) is 0. The molecule has 1 aliphatic carbocycles. The Morgan fingerprint density at radius 1 is 1.23 bits per heavy atom. The first kappa shape index (κ1) is 26.1. The minimum atomic E-state index is -2.83. The van der Waals surface area contributed by atoms with Crippen LogP contribution in [0.2, 0.25) is 0 Å². The fourth-order valence-corrected chi connectivity index (χ4v) is 6.26. The molecule has 0 radical (unpaired) electrons. The van der Waals surface area contributed by atoms with Crippen molar-refractivity contribution in [1.29, 1.82) is 0 Å². The molecular weight excluding hydrogens is 433 g/mol. The highest BCUT2D eigenvalue weighted by Gasteiger charge is 2.34. The van der Waals surface area contributed by atoms with Crippen LogP contribution in [0.5, 0.6) is 0 Å². The molecule has 1 aromatic heterocycles. The molecule has 0 N–H and O–H groups in total. The van der Waals surface area contributed by atoms with Crippen LogP contribution in [0.3, 0.4) is 0 Å². The van der Waals surface area contributed by atoms with E-state index in [1.54, 1.807) is 11.6 Å². The maximum atomic E-state index is 13.7. The van der Waals surface area contributed by atoms with Crippen molar-refractivity contribution in [3.8, 4) is 0 Å². The third-order valence-electron chi connectivity index (χ3n) is 5.88. The van der Waals surface area contributed by atoms with E-state index in [2.05, 4.69) is 27.7 Å². The van der Waals surface area contributed by atoms with Gasteiger partial charge in [0.15, 0.2) is 0 Å². The van der Waals surface area contributed by atoms with Gasteiger partial charge in [-0.15, -0.1) is 11.3 Å². The van der Waals surface area contributed by atoms with Gasteiger partial charge in [-0.2, -0.15) is 0 Å². The molecule has 1 aromatic rings. The molecule has 6 nitrogen and oxygen atoms in total. The number of thiophene rings is 1. The Kier molecular flexibility index (Phi) is 8.95. The van der Waals surface area contributed by atoms with E-state index in [-0.39, 0.29) is 29.9 Å². The summed E-state index contributed by atoms with van der Waals surface area (Å²) in [6.45, 7) is 12.5. The molecule has 1 atom stereocenters. The van der Waals surface area contributed by atoms with Crippen molar-refractivity contribution >= 4 is 36.3 Å². The largest absolute Gasteiger partial charge is 0.465 e. The normalized spacial score (nSPS) is 21.4. The Morgan fingerprint density at radius 3 is 2.35 bits per heavy atom. The third kappa shape index (κ3) is 6.90. The molecule has 176 valence electrons. The van der Waals surface area contributed by atoms with Gasteiger partial charge >= 0.3 is 5.97 Å². The van der Waals surface area contributed by atoms with Crippen LogP contribution in [0.4, 0.5) is 5.69 Å². The Labute approximate surface area is 191 Å². The third-order valence-corrected chi connectivity index (χ3v) is 9.22. The number of rotatable bonds is 8. The molecule has 1 aliphatic rings. The van der Waals surface area contributed by atoms with E-state index < -0.39 is 13.3 Å².